The Kier molecular flexibility index (Phi) is 6.60. The second-order valence-corrected chi connectivity index (χ2v) is 8.04. The third-order valence-electron chi connectivity index (χ3n) is 6.04. The van der Waals surface area contributed by atoms with E-state index in [1.807, 2.05) is 79.7 Å². The number of carbonyl (C=O) groups excluding carboxylic acids is 2. The monoisotopic (exact) mass is 448 g/mol. The summed E-state index contributed by atoms with van der Waals surface area (Å²) in [5, 5.41) is 17.6. The first-order valence-corrected chi connectivity index (χ1v) is 11.2. The van der Waals surface area contributed by atoms with Crippen LogP contribution < -0.4 is 0 Å². The number of hydrazone groups is 1. The van der Waals surface area contributed by atoms with Crippen LogP contribution in [0.5, 0.6) is 0 Å². The van der Waals surface area contributed by atoms with Gasteiger partial charge in [-0.25, -0.2) is 9.59 Å². The summed E-state index contributed by atoms with van der Waals surface area (Å²) in [5.74, 6) is -1.98. The molecule has 0 saturated heterocycles. The SMILES string of the molecule is CCCOC(=O)C1=NN2C(c3ccccc3)C=CC(c3ccccc3)C2(C(=O)OCC)C1O. The van der Waals surface area contributed by atoms with Crippen LogP contribution in [0.3, 0.4) is 0 Å². The minimum Gasteiger partial charge on any atom is -0.464 e. The van der Waals surface area contributed by atoms with Gasteiger partial charge in [0.1, 0.15) is 6.10 Å². The lowest BCUT2D eigenvalue weighted by Crippen LogP contribution is -2.64. The summed E-state index contributed by atoms with van der Waals surface area (Å²) < 4.78 is 10.8. The van der Waals surface area contributed by atoms with Crippen LogP contribution in [0.2, 0.25) is 0 Å². The summed E-state index contributed by atoms with van der Waals surface area (Å²) in [6.07, 6.45) is 2.94. The number of esters is 2. The first-order valence-electron chi connectivity index (χ1n) is 11.2. The van der Waals surface area contributed by atoms with Crippen molar-refractivity contribution >= 4 is 17.7 Å². The molecule has 172 valence electrons. The fraction of sp³-hybridized carbons (Fsp3) is 0.346. The van der Waals surface area contributed by atoms with Crippen LogP contribution in [0.25, 0.3) is 0 Å². The molecule has 0 bridgehead atoms. The molecule has 0 spiro atoms. The van der Waals surface area contributed by atoms with Crippen LogP contribution >= 0.6 is 0 Å². The number of nitrogens with zero attached hydrogens (tertiary/aromatic N) is 2. The van der Waals surface area contributed by atoms with Gasteiger partial charge in [-0.2, -0.15) is 5.10 Å². The maximum absolute atomic E-state index is 13.7. The van der Waals surface area contributed by atoms with Crippen molar-refractivity contribution in [3.63, 3.8) is 0 Å². The Morgan fingerprint density at radius 3 is 2.21 bits per heavy atom. The van der Waals surface area contributed by atoms with E-state index in [4.69, 9.17) is 9.47 Å². The van der Waals surface area contributed by atoms with Crippen LogP contribution in [0.15, 0.2) is 77.9 Å². The molecule has 2 aliphatic heterocycles. The minimum atomic E-state index is -1.66. The molecule has 0 radical (unpaired) electrons. The first kappa shape index (κ1) is 22.7. The Labute approximate surface area is 193 Å². The lowest BCUT2D eigenvalue weighted by Gasteiger charge is -2.47. The zero-order chi connectivity index (χ0) is 23.4. The first-order chi connectivity index (χ1) is 16.1. The zero-order valence-corrected chi connectivity index (χ0v) is 18.8. The molecule has 2 heterocycles. The molecule has 4 unspecified atom stereocenters. The minimum absolute atomic E-state index is 0.123. The standard InChI is InChI=1S/C26H28N2O5/c1-3-17-33-24(30)22-23(29)26(25(31)32-4-2)20(18-11-7-5-8-12-18)15-16-21(28(26)27-22)19-13-9-6-10-14-19/h5-16,20-21,23,29H,3-4,17H2,1-2H3. The summed E-state index contributed by atoms with van der Waals surface area (Å²) in [7, 11) is 0. The largest absolute Gasteiger partial charge is 0.464 e. The number of hydrogen-bond acceptors (Lipinski definition) is 7. The molecule has 4 atom stereocenters. The van der Waals surface area contributed by atoms with Crippen LogP contribution in [0.1, 0.15) is 43.4 Å². The third-order valence-corrected chi connectivity index (χ3v) is 6.04. The molecule has 33 heavy (non-hydrogen) atoms. The van der Waals surface area contributed by atoms with Crippen molar-refractivity contribution in [3.8, 4) is 0 Å². The lowest BCUT2D eigenvalue weighted by atomic mass is 9.71. The molecule has 0 fully saturated rings. The lowest BCUT2D eigenvalue weighted by molar-refractivity contribution is -0.166. The summed E-state index contributed by atoms with van der Waals surface area (Å²) in [5.41, 5.74) is -0.182. The normalized spacial score (nSPS) is 25.8. The van der Waals surface area contributed by atoms with Crippen molar-refractivity contribution in [1.82, 2.24) is 5.01 Å². The van der Waals surface area contributed by atoms with Gasteiger partial charge in [0.25, 0.3) is 0 Å². The van der Waals surface area contributed by atoms with Crippen molar-refractivity contribution in [2.45, 2.75) is 43.9 Å². The van der Waals surface area contributed by atoms with Crippen molar-refractivity contribution in [1.29, 1.82) is 0 Å². The summed E-state index contributed by atoms with van der Waals surface area (Å²) in [4.78, 5) is 26.5. The Morgan fingerprint density at radius 1 is 0.970 bits per heavy atom. The topological polar surface area (TPSA) is 88.4 Å². The molecule has 2 aliphatic rings. The van der Waals surface area contributed by atoms with Gasteiger partial charge in [-0.3, -0.25) is 5.01 Å². The quantitative estimate of drug-likeness (QED) is 0.516. The molecular formula is C26H28N2O5. The molecule has 4 rings (SSSR count). The summed E-state index contributed by atoms with van der Waals surface area (Å²) in [6.45, 7) is 3.91. The second kappa shape index (κ2) is 9.58. The molecule has 7 nitrogen and oxygen atoms in total. The van der Waals surface area contributed by atoms with Crippen LogP contribution in [-0.4, -0.2) is 52.6 Å². The van der Waals surface area contributed by atoms with Crippen LogP contribution in [0.4, 0.5) is 0 Å². The molecule has 2 aromatic carbocycles. The number of fused-ring (bicyclic) bond motifs is 1. The number of hydrogen-bond donors (Lipinski definition) is 1. The van der Waals surface area contributed by atoms with E-state index in [1.165, 1.54) is 5.01 Å². The Balaban J connectivity index is 1.91. The molecule has 0 saturated carbocycles. The van der Waals surface area contributed by atoms with E-state index in [1.54, 1.807) is 6.92 Å². The van der Waals surface area contributed by atoms with Gasteiger partial charge in [0, 0.05) is 5.92 Å². The van der Waals surface area contributed by atoms with E-state index in [0.717, 1.165) is 11.1 Å². The second-order valence-electron chi connectivity index (χ2n) is 8.04. The predicted octanol–water partition coefficient (Wildman–Crippen LogP) is 3.37. The number of aliphatic hydroxyl groups excluding tert-OH is 1. The van der Waals surface area contributed by atoms with E-state index in [2.05, 4.69) is 5.10 Å². The molecular weight excluding hydrogens is 420 g/mol. The molecule has 0 amide bonds. The Morgan fingerprint density at radius 2 is 1.61 bits per heavy atom. The number of carbonyl (C=O) groups is 2. The number of aliphatic hydroxyl groups is 1. The smallest absolute Gasteiger partial charge is 0.357 e. The predicted molar refractivity (Wildman–Crippen MR) is 123 cm³/mol. The van der Waals surface area contributed by atoms with Gasteiger partial charge in [-0.05, 0) is 24.5 Å². The highest BCUT2D eigenvalue weighted by molar-refractivity contribution is 6.39. The number of ether oxygens (including phenoxy) is 2. The van der Waals surface area contributed by atoms with Crippen molar-refractivity contribution in [2.24, 2.45) is 5.10 Å². The van der Waals surface area contributed by atoms with Gasteiger partial charge in [0.2, 0.25) is 0 Å². The van der Waals surface area contributed by atoms with Crippen LogP contribution in [-0.2, 0) is 19.1 Å². The molecule has 0 aromatic heterocycles. The molecule has 0 aliphatic carbocycles. The van der Waals surface area contributed by atoms with Crippen molar-refractivity contribution < 1.29 is 24.2 Å². The van der Waals surface area contributed by atoms with E-state index in [9.17, 15) is 14.7 Å². The number of rotatable bonds is 7. The Hall–Kier alpha value is -3.45. The van der Waals surface area contributed by atoms with Gasteiger partial charge in [0.05, 0.1) is 19.3 Å². The fourth-order valence-electron chi connectivity index (χ4n) is 4.56. The highest BCUT2D eigenvalue weighted by Gasteiger charge is 2.66. The van der Waals surface area contributed by atoms with Crippen molar-refractivity contribution in [2.75, 3.05) is 13.2 Å². The molecule has 7 heteroatoms. The number of benzene rings is 2. The summed E-state index contributed by atoms with van der Waals surface area (Å²) >= 11 is 0. The highest BCUT2D eigenvalue weighted by Crippen LogP contribution is 2.50. The maximum Gasteiger partial charge on any atom is 0.357 e. The Bertz CT molecular complexity index is 1050. The molecule has 2 aromatic rings. The average molecular weight is 449 g/mol. The van der Waals surface area contributed by atoms with Gasteiger partial charge in [-0.15, -0.1) is 0 Å². The van der Waals surface area contributed by atoms with Gasteiger partial charge in [-0.1, -0.05) is 79.7 Å². The summed E-state index contributed by atoms with van der Waals surface area (Å²) in [6, 6.07) is 18.4. The van der Waals surface area contributed by atoms with Gasteiger partial charge < -0.3 is 14.6 Å². The van der Waals surface area contributed by atoms with E-state index >= 15 is 0 Å². The van der Waals surface area contributed by atoms with E-state index < -0.39 is 35.5 Å². The highest BCUT2D eigenvalue weighted by atomic mass is 16.5. The fourth-order valence-corrected chi connectivity index (χ4v) is 4.56. The van der Waals surface area contributed by atoms with Crippen molar-refractivity contribution in [3.05, 3.63) is 83.9 Å². The van der Waals surface area contributed by atoms with Crippen LogP contribution in [0, 0.1) is 0 Å². The van der Waals surface area contributed by atoms with Gasteiger partial charge >= 0.3 is 11.9 Å². The zero-order valence-electron chi connectivity index (χ0n) is 18.8. The molecule has 1 N–H and O–H groups in total. The average Bonchev–Trinajstić information content (AvgIpc) is 3.17. The van der Waals surface area contributed by atoms with E-state index in [0.29, 0.717) is 6.42 Å². The van der Waals surface area contributed by atoms with Gasteiger partial charge in [0.15, 0.2) is 11.3 Å². The maximum atomic E-state index is 13.7. The van der Waals surface area contributed by atoms with E-state index in [-0.39, 0.29) is 18.9 Å². The third kappa shape index (κ3) is 3.82.